The molecule has 0 bridgehead atoms. The summed E-state index contributed by atoms with van der Waals surface area (Å²) >= 11 is 0. The highest BCUT2D eigenvalue weighted by Gasteiger charge is 2.22. The fourth-order valence-electron chi connectivity index (χ4n) is 3.70. The molecule has 1 unspecified atom stereocenters. The maximum atomic E-state index is 12.1. The highest BCUT2D eigenvalue weighted by atomic mass is 16.5. The van der Waals surface area contributed by atoms with Crippen molar-refractivity contribution in [3.8, 4) is 17.7 Å². The topological polar surface area (TPSA) is 144 Å². The van der Waals surface area contributed by atoms with Crippen molar-refractivity contribution in [2.45, 2.75) is 32.7 Å². The molecule has 8 heteroatoms. The van der Waals surface area contributed by atoms with Crippen molar-refractivity contribution in [1.29, 1.82) is 5.26 Å². The molecule has 2 aromatic carbocycles. The predicted octanol–water partition coefficient (Wildman–Crippen LogP) is 2.55. The number of nitrogens with zero attached hydrogens (tertiary/aromatic N) is 3. The zero-order valence-electron chi connectivity index (χ0n) is 18.3. The van der Waals surface area contributed by atoms with Crippen LogP contribution < -0.4 is 21.9 Å². The van der Waals surface area contributed by atoms with Crippen LogP contribution in [0.3, 0.4) is 0 Å². The van der Waals surface area contributed by atoms with Gasteiger partial charge in [0.1, 0.15) is 22.9 Å². The first-order chi connectivity index (χ1) is 15.3. The molecule has 166 valence electrons. The lowest BCUT2D eigenvalue weighted by Gasteiger charge is -2.26. The van der Waals surface area contributed by atoms with E-state index in [2.05, 4.69) is 11.2 Å². The Labute approximate surface area is 188 Å². The van der Waals surface area contributed by atoms with Crippen molar-refractivity contribution in [2.24, 2.45) is 22.2 Å². The number of nitrogens with two attached hydrogens (primary N) is 3. The number of likely N-dealkylation sites (tertiary alicyclic amines) is 1. The molecule has 0 saturated carbocycles. The molecule has 8 nitrogen and oxygen atoms in total. The van der Waals surface area contributed by atoms with Crippen molar-refractivity contribution in [1.82, 2.24) is 4.90 Å². The second-order valence-corrected chi connectivity index (χ2v) is 7.90. The highest BCUT2D eigenvalue weighted by Crippen LogP contribution is 2.27. The van der Waals surface area contributed by atoms with Gasteiger partial charge in [0.2, 0.25) is 0 Å². The van der Waals surface area contributed by atoms with Gasteiger partial charge in [-0.1, -0.05) is 17.7 Å². The number of aliphatic imine (C=N–C) groups is 1. The molecule has 0 spiro atoms. The summed E-state index contributed by atoms with van der Waals surface area (Å²) in [4.78, 5) is 18.2. The van der Waals surface area contributed by atoms with E-state index in [1.807, 2.05) is 32.0 Å². The lowest BCUT2D eigenvalue weighted by molar-refractivity contribution is -0.114. The number of ether oxygens (including phenoxy) is 1. The molecule has 0 aromatic heterocycles. The first kappa shape index (κ1) is 22.7. The normalized spacial score (nSPS) is 17.3. The molecule has 1 amide bonds. The molecule has 6 N–H and O–H groups in total. The van der Waals surface area contributed by atoms with Gasteiger partial charge >= 0.3 is 0 Å². The lowest BCUT2D eigenvalue weighted by Crippen LogP contribution is -2.37. The number of carbonyl (C=O) groups is 1. The average molecular weight is 433 g/mol. The summed E-state index contributed by atoms with van der Waals surface area (Å²) in [5.74, 6) is 0.622. The van der Waals surface area contributed by atoms with Crippen LogP contribution in [0.4, 0.5) is 0 Å². The average Bonchev–Trinajstić information content (AvgIpc) is 2.76. The molecular formula is C24H28N6O2. The van der Waals surface area contributed by atoms with Crippen LogP contribution in [-0.2, 0) is 4.79 Å². The number of primary amides is 1. The van der Waals surface area contributed by atoms with E-state index in [9.17, 15) is 4.79 Å². The van der Waals surface area contributed by atoms with Crippen LogP contribution in [0.5, 0.6) is 11.5 Å². The van der Waals surface area contributed by atoms with E-state index in [4.69, 9.17) is 27.2 Å². The molecular weight excluding hydrogens is 404 g/mol. The van der Waals surface area contributed by atoms with Crippen molar-refractivity contribution in [2.75, 3.05) is 13.1 Å². The molecule has 1 aliphatic heterocycles. The Hall–Kier alpha value is -3.99. The second-order valence-electron chi connectivity index (χ2n) is 7.90. The van der Waals surface area contributed by atoms with Gasteiger partial charge in [-0.2, -0.15) is 5.26 Å². The maximum absolute atomic E-state index is 12.1. The summed E-state index contributed by atoms with van der Waals surface area (Å²) in [7, 11) is 0. The van der Waals surface area contributed by atoms with Crippen LogP contribution in [0.2, 0.25) is 0 Å². The summed E-state index contributed by atoms with van der Waals surface area (Å²) < 4.78 is 5.95. The monoisotopic (exact) mass is 432 g/mol. The standard InChI is InChI=1S/C24H28N6O2/c1-15-5-10-20(16(2)12-15)32-19-8-6-17(7-9-19)22(26)21(24(28)31)23(27)29-18-4-3-11-30(13-18)14-25/h5-10,12,18H,3-4,11,13,26H2,1-2H3,(H2,27,29)(H2,28,31). The molecule has 1 heterocycles. The van der Waals surface area contributed by atoms with Crippen molar-refractivity contribution >= 4 is 17.4 Å². The highest BCUT2D eigenvalue weighted by molar-refractivity contribution is 6.24. The molecule has 1 saturated heterocycles. The van der Waals surface area contributed by atoms with Gasteiger partial charge < -0.3 is 26.8 Å². The molecule has 1 atom stereocenters. The third kappa shape index (κ3) is 5.38. The number of rotatable bonds is 6. The molecule has 2 aromatic rings. The van der Waals surface area contributed by atoms with E-state index in [-0.39, 0.29) is 23.1 Å². The Morgan fingerprint density at radius 3 is 2.50 bits per heavy atom. The van der Waals surface area contributed by atoms with Gasteiger partial charge in [0.15, 0.2) is 6.19 Å². The van der Waals surface area contributed by atoms with Crippen LogP contribution >= 0.6 is 0 Å². The molecule has 0 aliphatic carbocycles. The SMILES string of the molecule is Cc1ccc(Oc2ccc(C(N)=C(C(N)=O)C(N)=NC3CCCN(C#N)C3)cc2)c(C)c1. The molecule has 32 heavy (non-hydrogen) atoms. The first-order valence-electron chi connectivity index (χ1n) is 10.4. The van der Waals surface area contributed by atoms with E-state index in [1.54, 1.807) is 29.2 Å². The minimum Gasteiger partial charge on any atom is -0.457 e. The van der Waals surface area contributed by atoms with Gasteiger partial charge in [0.05, 0.1) is 18.3 Å². The van der Waals surface area contributed by atoms with Gasteiger partial charge in [-0.25, -0.2) is 0 Å². The van der Waals surface area contributed by atoms with Gasteiger partial charge in [-0.15, -0.1) is 0 Å². The van der Waals surface area contributed by atoms with Crippen LogP contribution in [-0.4, -0.2) is 35.8 Å². The number of amidine groups is 1. The van der Waals surface area contributed by atoms with Gasteiger partial charge in [-0.3, -0.25) is 9.79 Å². The Morgan fingerprint density at radius 2 is 1.88 bits per heavy atom. The van der Waals surface area contributed by atoms with E-state index in [0.717, 1.165) is 29.7 Å². The maximum Gasteiger partial charge on any atom is 0.254 e. The number of hydrogen-bond acceptors (Lipinski definition) is 6. The van der Waals surface area contributed by atoms with E-state index in [1.165, 1.54) is 0 Å². The Balaban J connectivity index is 1.83. The third-order valence-corrected chi connectivity index (χ3v) is 5.36. The number of hydrogen-bond donors (Lipinski definition) is 3. The Morgan fingerprint density at radius 1 is 1.16 bits per heavy atom. The lowest BCUT2D eigenvalue weighted by atomic mass is 10.0. The smallest absolute Gasteiger partial charge is 0.254 e. The predicted molar refractivity (Wildman–Crippen MR) is 125 cm³/mol. The van der Waals surface area contributed by atoms with E-state index in [0.29, 0.717) is 24.4 Å². The molecule has 0 radical (unpaired) electrons. The summed E-state index contributed by atoms with van der Waals surface area (Å²) in [6, 6.07) is 12.8. The first-order valence-corrected chi connectivity index (χ1v) is 10.4. The fourth-order valence-corrected chi connectivity index (χ4v) is 3.70. The zero-order chi connectivity index (χ0) is 23.3. The van der Waals surface area contributed by atoms with Crippen LogP contribution in [0.1, 0.15) is 29.5 Å². The van der Waals surface area contributed by atoms with Gasteiger partial charge in [0.25, 0.3) is 5.91 Å². The number of amides is 1. The minimum absolute atomic E-state index is 0.0182. The number of carbonyl (C=O) groups excluding carboxylic acids is 1. The van der Waals surface area contributed by atoms with E-state index < -0.39 is 5.91 Å². The Bertz CT molecular complexity index is 1100. The number of benzene rings is 2. The fraction of sp³-hybridized carbons (Fsp3) is 0.292. The van der Waals surface area contributed by atoms with Crippen LogP contribution in [0.25, 0.3) is 5.70 Å². The van der Waals surface area contributed by atoms with E-state index >= 15 is 0 Å². The molecule has 1 aliphatic rings. The van der Waals surface area contributed by atoms with Crippen LogP contribution in [0, 0.1) is 25.3 Å². The third-order valence-electron chi connectivity index (χ3n) is 5.36. The number of aryl methyl sites for hydroxylation is 2. The van der Waals surface area contributed by atoms with Crippen molar-refractivity contribution < 1.29 is 9.53 Å². The zero-order valence-corrected chi connectivity index (χ0v) is 18.3. The molecule has 1 fully saturated rings. The van der Waals surface area contributed by atoms with Crippen molar-refractivity contribution in [3.63, 3.8) is 0 Å². The summed E-state index contributed by atoms with van der Waals surface area (Å²) in [6.07, 6.45) is 3.71. The minimum atomic E-state index is -0.757. The van der Waals surface area contributed by atoms with Crippen molar-refractivity contribution in [3.05, 3.63) is 64.7 Å². The molecule has 3 rings (SSSR count). The Kier molecular flexibility index (Phi) is 7.00. The summed E-state index contributed by atoms with van der Waals surface area (Å²) in [6.45, 7) is 5.16. The number of piperidine rings is 1. The summed E-state index contributed by atoms with van der Waals surface area (Å²) in [5.41, 5.74) is 20.8. The van der Waals surface area contributed by atoms with Gasteiger partial charge in [0, 0.05) is 6.54 Å². The summed E-state index contributed by atoms with van der Waals surface area (Å²) in [5, 5.41) is 9.10. The quantitative estimate of drug-likeness (QED) is 0.277. The largest absolute Gasteiger partial charge is 0.457 e. The second kappa shape index (κ2) is 9.88. The van der Waals surface area contributed by atoms with Gasteiger partial charge in [-0.05, 0) is 68.1 Å². The van der Waals surface area contributed by atoms with Crippen LogP contribution in [0.15, 0.2) is 53.0 Å². The number of nitriles is 1.